The van der Waals surface area contributed by atoms with Crippen LogP contribution in [0.25, 0.3) is 16.7 Å². The van der Waals surface area contributed by atoms with E-state index in [2.05, 4.69) is 15.4 Å². The summed E-state index contributed by atoms with van der Waals surface area (Å²) in [5, 5.41) is 10.2. The van der Waals surface area contributed by atoms with Crippen LogP contribution >= 0.6 is 22.9 Å². The van der Waals surface area contributed by atoms with Crippen molar-refractivity contribution in [2.45, 2.75) is 0 Å². The zero-order valence-corrected chi connectivity index (χ0v) is 15.2. The van der Waals surface area contributed by atoms with E-state index in [1.807, 2.05) is 23.6 Å². The monoisotopic (exact) mass is 384 g/mol. The lowest BCUT2D eigenvalue weighted by atomic mass is 10.3. The fraction of sp³-hybridized carbons (Fsp3) is 0.0556. The van der Waals surface area contributed by atoms with Gasteiger partial charge in [-0.1, -0.05) is 23.7 Å². The number of nitrogens with one attached hydrogen (secondary N) is 1. The average Bonchev–Trinajstić information content (AvgIpc) is 3.29. The van der Waals surface area contributed by atoms with Crippen LogP contribution < -0.4 is 10.1 Å². The van der Waals surface area contributed by atoms with Crippen LogP contribution in [0, 0.1) is 0 Å². The van der Waals surface area contributed by atoms with Crippen molar-refractivity contribution in [2.75, 3.05) is 7.05 Å². The third kappa shape index (κ3) is 3.02. The summed E-state index contributed by atoms with van der Waals surface area (Å²) >= 11 is 7.48. The fourth-order valence-corrected chi connectivity index (χ4v) is 3.47. The highest BCUT2D eigenvalue weighted by Crippen LogP contribution is 2.30. The van der Waals surface area contributed by atoms with Crippen molar-refractivity contribution in [1.82, 2.24) is 20.1 Å². The molecule has 1 amide bonds. The van der Waals surface area contributed by atoms with Crippen LogP contribution in [0.4, 0.5) is 0 Å². The van der Waals surface area contributed by atoms with Gasteiger partial charge in [0.2, 0.25) is 0 Å². The minimum Gasteiger partial charge on any atom is -0.454 e. The van der Waals surface area contributed by atoms with Crippen molar-refractivity contribution in [3.8, 4) is 17.2 Å². The van der Waals surface area contributed by atoms with Crippen LogP contribution in [0.1, 0.15) is 9.67 Å². The summed E-state index contributed by atoms with van der Waals surface area (Å²) in [6, 6.07) is 10.9. The standard InChI is InChI=1S/C18H13ClN4O2S/c1-20-18(24)16-7-12(10-26-16)23-17-11(8-22-23)6-13(9-21-17)25-15-5-3-2-4-14(15)19/h2-10H,1H3,(H,20,24). The largest absolute Gasteiger partial charge is 0.454 e. The number of ether oxygens (including phenoxy) is 1. The number of rotatable bonds is 4. The summed E-state index contributed by atoms with van der Waals surface area (Å²) < 4.78 is 7.49. The van der Waals surface area contributed by atoms with E-state index < -0.39 is 0 Å². The molecule has 0 atom stereocenters. The van der Waals surface area contributed by atoms with E-state index in [-0.39, 0.29) is 5.91 Å². The molecule has 1 N–H and O–H groups in total. The minimum absolute atomic E-state index is 0.124. The van der Waals surface area contributed by atoms with Crippen LogP contribution in [0.2, 0.25) is 5.02 Å². The summed E-state index contributed by atoms with van der Waals surface area (Å²) in [7, 11) is 1.60. The number of aromatic nitrogens is 3. The average molecular weight is 385 g/mol. The molecule has 0 spiro atoms. The lowest BCUT2D eigenvalue weighted by Gasteiger charge is -2.07. The molecule has 8 heteroatoms. The number of halogens is 1. The van der Waals surface area contributed by atoms with E-state index in [9.17, 15) is 4.79 Å². The van der Waals surface area contributed by atoms with Crippen LogP contribution in [-0.2, 0) is 0 Å². The smallest absolute Gasteiger partial charge is 0.261 e. The Morgan fingerprint density at radius 1 is 1.27 bits per heavy atom. The van der Waals surface area contributed by atoms with Gasteiger partial charge in [0.15, 0.2) is 5.65 Å². The summed E-state index contributed by atoms with van der Waals surface area (Å²) in [6.45, 7) is 0. The molecule has 0 radical (unpaired) electrons. The molecule has 130 valence electrons. The van der Waals surface area contributed by atoms with Gasteiger partial charge in [0.1, 0.15) is 11.5 Å². The van der Waals surface area contributed by atoms with Crippen molar-refractivity contribution in [3.05, 3.63) is 64.1 Å². The van der Waals surface area contributed by atoms with E-state index in [0.29, 0.717) is 27.0 Å². The normalized spacial score (nSPS) is 10.8. The number of carbonyl (C=O) groups is 1. The Kier molecular flexibility index (Phi) is 4.32. The maximum atomic E-state index is 11.7. The van der Waals surface area contributed by atoms with Gasteiger partial charge in [-0.25, -0.2) is 9.67 Å². The van der Waals surface area contributed by atoms with E-state index in [1.54, 1.807) is 42.3 Å². The van der Waals surface area contributed by atoms with Gasteiger partial charge in [0.25, 0.3) is 5.91 Å². The van der Waals surface area contributed by atoms with E-state index in [4.69, 9.17) is 16.3 Å². The quantitative estimate of drug-likeness (QED) is 0.570. The molecule has 0 saturated carbocycles. The Hall–Kier alpha value is -2.90. The zero-order chi connectivity index (χ0) is 18.1. The first kappa shape index (κ1) is 16.6. The van der Waals surface area contributed by atoms with Gasteiger partial charge < -0.3 is 10.1 Å². The number of pyridine rings is 1. The molecule has 0 aliphatic rings. The van der Waals surface area contributed by atoms with Gasteiger partial charge in [0.05, 0.1) is 28.0 Å². The van der Waals surface area contributed by atoms with E-state index in [1.165, 1.54) is 11.3 Å². The number of para-hydroxylation sites is 1. The van der Waals surface area contributed by atoms with Gasteiger partial charge in [0, 0.05) is 17.8 Å². The van der Waals surface area contributed by atoms with Gasteiger partial charge >= 0.3 is 0 Å². The maximum Gasteiger partial charge on any atom is 0.261 e. The molecule has 26 heavy (non-hydrogen) atoms. The molecule has 0 aliphatic heterocycles. The Morgan fingerprint density at radius 3 is 2.92 bits per heavy atom. The Balaban J connectivity index is 1.66. The summed E-state index contributed by atoms with van der Waals surface area (Å²) in [5.74, 6) is 1.01. The number of hydrogen-bond acceptors (Lipinski definition) is 5. The second kappa shape index (κ2) is 6.78. The second-order valence-corrected chi connectivity index (χ2v) is 6.74. The van der Waals surface area contributed by atoms with Crippen molar-refractivity contribution < 1.29 is 9.53 Å². The molecule has 0 fully saturated rings. The zero-order valence-electron chi connectivity index (χ0n) is 13.6. The van der Waals surface area contributed by atoms with Crippen LogP contribution in [-0.4, -0.2) is 27.7 Å². The van der Waals surface area contributed by atoms with Gasteiger partial charge in [-0.15, -0.1) is 11.3 Å². The number of benzene rings is 1. The van der Waals surface area contributed by atoms with Gasteiger partial charge in [-0.2, -0.15) is 5.10 Å². The van der Waals surface area contributed by atoms with Crippen molar-refractivity contribution in [3.63, 3.8) is 0 Å². The number of thiophene rings is 1. The molecule has 6 nitrogen and oxygen atoms in total. The topological polar surface area (TPSA) is 69.0 Å². The fourth-order valence-electron chi connectivity index (χ4n) is 2.48. The third-order valence-corrected chi connectivity index (χ3v) is 4.96. The highest BCUT2D eigenvalue weighted by atomic mass is 35.5. The first-order chi connectivity index (χ1) is 12.7. The molecule has 3 aromatic heterocycles. The van der Waals surface area contributed by atoms with Crippen molar-refractivity contribution in [1.29, 1.82) is 0 Å². The summed E-state index contributed by atoms with van der Waals surface area (Å²) in [4.78, 5) is 16.8. The molecule has 1 aromatic carbocycles. The first-order valence-corrected chi connectivity index (χ1v) is 8.98. The molecule has 4 rings (SSSR count). The predicted octanol–water partition coefficient (Wildman–Crippen LogP) is 4.29. The summed E-state index contributed by atoms with van der Waals surface area (Å²) in [5.41, 5.74) is 1.47. The highest BCUT2D eigenvalue weighted by Gasteiger charge is 2.13. The molecule has 0 bridgehead atoms. The Labute approximate surface area is 158 Å². The van der Waals surface area contributed by atoms with Crippen molar-refractivity contribution >= 4 is 39.9 Å². The molecule has 0 saturated heterocycles. The van der Waals surface area contributed by atoms with E-state index >= 15 is 0 Å². The number of carbonyl (C=O) groups excluding carboxylic acids is 1. The molecule has 0 unspecified atom stereocenters. The Bertz CT molecular complexity index is 1110. The number of amides is 1. The highest BCUT2D eigenvalue weighted by molar-refractivity contribution is 7.12. The number of fused-ring (bicyclic) bond motifs is 1. The maximum absolute atomic E-state index is 11.7. The third-order valence-electron chi connectivity index (χ3n) is 3.73. The minimum atomic E-state index is -0.124. The van der Waals surface area contributed by atoms with Gasteiger partial charge in [-0.05, 0) is 24.3 Å². The summed E-state index contributed by atoms with van der Waals surface area (Å²) in [6.07, 6.45) is 3.33. The second-order valence-electron chi connectivity index (χ2n) is 5.42. The van der Waals surface area contributed by atoms with E-state index in [0.717, 1.165) is 11.1 Å². The lowest BCUT2D eigenvalue weighted by molar-refractivity contribution is 0.0967. The SMILES string of the molecule is CNC(=O)c1cc(-n2ncc3cc(Oc4ccccc4Cl)cnc32)cs1. The van der Waals surface area contributed by atoms with Crippen molar-refractivity contribution in [2.24, 2.45) is 0 Å². The molecular weight excluding hydrogens is 372 g/mol. The Morgan fingerprint density at radius 2 is 2.12 bits per heavy atom. The first-order valence-electron chi connectivity index (χ1n) is 7.73. The van der Waals surface area contributed by atoms with Crippen LogP contribution in [0.5, 0.6) is 11.5 Å². The van der Waals surface area contributed by atoms with Gasteiger partial charge in [-0.3, -0.25) is 4.79 Å². The predicted molar refractivity (Wildman–Crippen MR) is 102 cm³/mol. The van der Waals surface area contributed by atoms with Crippen LogP contribution in [0.3, 0.4) is 0 Å². The molecule has 3 heterocycles. The molecular formula is C18H13ClN4O2S. The number of nitrogens with zero attached hydrogens (tertiary/aromatic N) is 3. The molecule has 0 aliphatic carbocycles. The number of hydrogen-bond donors (Lipinski definition) is 1. The van der Waals surface area contributed by atoms with Crippen LogP contribution in [0.15, 0.2) is 54.2 Å². The molecule has 4 aromatic rings. The lowest BCUT2D eigenvalue weighted by Crippen LogP contribution is -2.16.